The van der Waals surface area contributed by atoms with Crippen molar-refractivity contribution in [1.29, 1.82) is 0 Å². The van der Waals surface area contributed by atoms with Crippen LogP contribution < -0.4 is 5.32 Å². The van der Waals surface area contributed by atoms with Gasteiger partial charge in [0.25, 0.3) is 0 Å². The van der Waals surface area contributed by atoms with Gasteiger partial charge in [0, 0.05) is 50.6 Å². The van der Waals surface area contributed by atoms with Gasteiger partial charge in [0.2, 0.25) is 17.6 Å². The Morgan fingerprint density at radius 2 is 2.12 bits per heavy atom. The summed E-state index contributed by atoms with van der Waals surface area (Å²) in [5, 5.41) is 6.77. The molecule has 0 fully saturated rings. The lowest BCUT2D eigenvalue weighted by atomic mass is 10.2. The molecular formula is C17H24N4O3. The van der Waals surface area contributed by atoms with E-state index in [4.69, 9.17) is 9.26 Å². The van der Waals surface area contributed by atoms with E-state index in [-0.39, 0.29) is 5.91 Å². The van der Waals surface area contributed by atoms with E-state index in [1.807, 2.05) is 12.1 Å². The first kappa shape index (κ1) is 18.1. The minimum absolute atomic E-state index is 0.0254. The lowest BCUT2D eigenvalue weighted by Gasteiger charge is -2.07. The third kappa shape index (κ3) is 6.45. The number of nitrogens with one attached hydrogen (secondary N) is 1. The van der Waals surface area contributed by atoms with E-state index in [2.05, 4.69) is 34.3 Å². The van der Waals surface area contributed by atoms with Crippen LogP contribution in [0.5, 0.6) is 0 Å². The number of aromatic nitrogens is 3. The van der Waals surface area contributed by atoms with Crippen molar-refractivity contribution in [3.63, 3.8) is 0 Å². The number of pyridine rings is 1. The van der Waals surface area contributed by atoms with E-state index in [0.29, 0.717) is 43.6 Å². The summed E-state index contributed by atoms with van der Waals surface area (Å²) < 4.78 is 10.6. The maximum atomic E-state index is 11.8. The monoisotopic (exact) mass is 332 g/mol. The van der Waals surface area contributed by atoms with Crippen molar-refractivity contribution < 1.29 is 14.1 Å². The highest BCUT2D eigenvalue weighted by Gasteiger charge is 2.10. The quantitative estimate of drug-likeness (QED) is 0.671. The summed E-state index contributed by atoms with van der Waals surface area (Å²) in [5.74, 6) is 1.47. The Morgan fingerprint density at radius 3 is 2.88 bits per heavy atom. The first-order valence-electron chi connectivity index (χ1n) is 8.22. The van der Waals surface area contributed by atoms with E-state index >= 15 is 0 Å². The first-order valence-corrected chi connectivity index (χ1v) is 8.22. The number of amides is 1. The van der Waals surface area contributed by atoms with Gasteiger partial charge in [-0.2, -0.15) is 4.98 Å². The molecule has 130 valence electrons. The third-order valence-electron chi connectivity index (χ3n) is 3.21. The van der Waals surface area contributed by atoms with Gasteiger partial charge < -0.3 is 14.6 Å². The zero-order valence-corrected chi connectivity index (χ0v) is 14.2. The van der Waals surface area contributed by atoms with Crippen LogP contribution in [0.15, 0.2) is 29.0 Å². The van der Waals surface area contributed by atoms with Crippen molar-refractivity contribution in [2.75, 3.05) is 19.8 Å². The summed E-state index contributed by atoms with van der Waals surface area (Å²) in [4.78, 5) is 20.0. The fourth-order valence-corrected chi connectivity index (χ4v) is 2.00. The minimum atomic E-state index is -0.0254. The molecule has 0 aliphatic heterocycles. The van der Waals surface area contributed by atoms with Gasteiger partial charge in [0.05, 0.1) is 0 Å². The molecule has 7 heteroatoms. The zero-order valence-electron chi connectivity index (χ0n) is 14.2. The number of rotatable bonds is 10. The Kier molecular flexibility index (Phi) is 7.35. The highest BCUT2D eigenvalue weighted by Crippen LogP contribution is 2.14. The van der Waals surface area contributed by atoms with Gasteiger partial charge in [-0.05, 0) is 24.5 Å². The molecule has 0 radical (unpaired) electrons. The van der Waals surface area contributed by atoms with Crippen LogP contribution in [-0.2, 0) is 16.0 Å². The minimum Gasteiger partial charge on any atom is -0.381 e. The smallest absolute Gasteiger partial charge is 0.227 e. The van der Waals surface area contributed by atoms with Crippen LogP contribution in [0.1, 0.15) is 32.6 Å². The van der Waals surface area contributed by atoms with E-state index in [0.717, 1.165) is 18.6 Å². The third-order valence-corrected chi connectivity index (χ3v) is 3.21. The van der Waals surface area contributed by atoms with Crippen LogP contribution in [0, 0.1) is 5.92 Å². The Labute approximate surface area is 141 Å². The summed E-state index contributed by atoms with van der Waals surface area (Å²) in [5.41, 5.74) is 0.839. The average Bonchev–Trinajstić information content (AvgIpc) is 3.06. The molecule has 2 aromatic heterocycles. The summed E-state index contributed by atoms with van der Waals surface area (Å²) in [6, 6.07) is 3.62. The second-order valence-corrected chi connectivity index (χ2v) is 5.92. The van der Waals surface area contributed by atoms with Gasteiger partial charge in [0.15, 0.2) is 0 Å². The predicted octanol–water partition coefficient (Wildman–Crippen LogP) is 2.24. The molecule has 0 unspecified atom stereocenters. The Bertz CT molecular complexity index is 613. The Hall–Kier alpha value is -2.28. The van der Waals surface area contributed by atoms with Crippen molar-refractivity contribution in [3.05, 3.63) is 30.4 Å². The van der Waals surface area contributed by atoms with Crippen LogP contribution in [0.4, 0.5) is 0 Å². The number of carbonyl (C=O) groups is 1. The maximum absolute atomic E-state index is 11.8. The van der Waals surface area contributed by atoms with Crippen LogP contribution in [0.2, 0.25) is 0 Å². The summed E-state index contributed by atoms with van der Waals surface area (Å²) in [6.07, 6.45) is 4.90. The first-order chi connectivity index (χ1) is 11.6. The largest absolute Gasteiger partial charge is 0.381 e. The summed E-state index contributed by atoms with van der Waals surface area (Å²) in [6.45, 7) is 6.25. The normalized spacial score (nSPS) is 11.0. The second kappa shape index (κ2) is 9.77. The van der Waals surface area contributed by atoms with Crippen molar-refractivity contribution in [3.8, 4) is 11.4 Å². The number of aryl methyl sites for hydroxylation is 1. The molecule has 0 aromatic carbocycles. The summed E-state index contributed by atoms with van der Waals surface area (Å²) in [7, 11) is 0. The van der Waals surface area contributed by atoms with Crippen molar-refractivity contribution in [1.82, 2.24) is 20.4 Å². The molecule has 2 aromatic rings. The molecule has 24 heavy (non-hydrogen) atoms. The standard InChI is InChI=1S/C17H24N4O3/c1-13(2)12-23-11-3-8-19-15(22)4-5-16-20-17(21-24-16)14-6-9-18-10-7-14/h6-7,9-10,13H,3-5,8,11-12H2,1-2H3,(H,19,22). The summed E-state index contributed by atoms with van der Waals surface area (Å²) >= 11 is 0. The molecule has 2 heterocycles. The van der Waals surface area contributed by atoms with Crippen LogP contribution in [0.25, 0.3) is 11.4 Å². The lowest BCUT2D eigenvalue weighted by molar-refractivity contribution is -0.121. The second-order valence-electron chi connectivity index (χ2n) is 5.92. The van der Waals surface area contributed by atoms with Gasteiger partial charge in [-0.1, -0.05) is 19.0 Å². The molecule has 0 aliphatic rings. The number of carbonyl (C=O) groups excluding carboxylic acids is 1. The molecule has 0 atom stereocenters. The van der Waals surface area contributed by atoms with Gasteiger partial charge in [-0.25, -0.2) is 0 Å². The van der Waals surface area contributed by atoms with E-state index in [1.165, 1.54) is 0 Å². The van der Waals surface area contributed by atoms with Crippen LogP contribution in [0.3, 0.4) is 0 Å². The van der Waals surface area contributed by atoms with Crippen LogP contribution >= 0.6 is 0 Å². The van der Waals surface area contributed by atoms with E-state index in [1.54, 1.807) is 12.4 Å². The predicted molar refractivity (Wildman–Crippen MR) is 89.1 cm³/mol. The molecule has 1 amide bonds. The number of ether oxygens (including phenoxy) is 1. The average molecular weight is 332 g/mol. The van der Waals surface area contributed by atoms with E-state index < -0.39 is 0 Å². The molecule has 0 bridgehead atoms. The van der Waals surface area contributed by atoms with Crippen LogP contribution in [-0.4, -0.2) is 40.8 Å². The SMILES string of the molecule is CC(C)COCCCNC(=O)CCc1nc(-c2ccncc2)no1. The molecule has 2 rings (SSSR count). The Morgan fingerprint density at radius 1 is 1.33 bits per heavy atom. The molecule has 0 saturated carbocycles. The van der Waals surface area contributed by atoms with Crippen molar-refractivity contribution in [2.24, 2.45) is 5.92 Å². The number of hydrogen-bond donors (Lipinski definition) is 1. The fraction of sp³-hybridized carbons (Fsp3) is 0.529. The lowest BCUT2D eigenvalue weighted by Crippen LogP contribution is -2.25. The van der Waals surface area contributed by atoms with Gasteiger partial charge >= 0.3 is 0 Å². The highest BCUT2D eigenvalue weighted by molar-refractivity contribution is 5.75. The van der Waals surface area contributed by atoms with Crippen molar-refractivity contribution in [2.45, 2.75) is 33.1 Å². The maximum Gasteiger partial charge on any atom is 0.227 e. The number of hydrogen-bond acceptors (Lipinski definition) is 6. The van der Waals surface area contributed by atoms with Gasteiger partial charge in [-0.3, -0.25) is 9.78 Å². The molecule has 1 N–H and O–H groups in total. The highest BCUT2D eigenvalue weighted by atomic mass is 16.5. The van der Waals surface area contributed by atoms with Crippen molar-refractivity contribution >= 4 is 5.91 Å². The van der Waals surface area contributed by atoms with Gasteiger partial charge in [-0.15, -0.1) is 0 Å². The Balaban J connectivity index is 1.63. The number of nitrogens with zero attached hydrogens (tertiary/aromatic N) is 3. The molecule has 0 aliphatic carbocycles. The topological polar surface area (TPSA) is 90.1 Å². The molecular weight excluding hydrogens is 308 g/mol. The molecule has 0 spiro atoms. The molecule has 7 nitrogen and oxygen atoms in total. The van der Waals surface area contributed by atoms with E-state index in [9.17, 15) is 4.79 Å². The fourth-order valence-electron chi connectivity index (χ4n) is 2.00. The molecule has 0 saturated heterocycles. The van der Waals surface area contributed by atoms with Gasteiger partial charge in [0.1, 0.15) is 0 Å². The zero-order chi connectivity index (χ0) is 17.2.